The molecule has 110 valence electrons. The molecule has 2 N–H and O–H groups in total. The van der Waals surface area contributed by atoms with Crippen molar-refractivity contribution in [3.8, 4) is 0 Å². The summed E-state index contributed by atoms with van der Waals surface area (Å²) in [5.41, 5.74) is 3.49. The molecular weight excluding hydrogens is 286 g/mol. The molecule has 0 bridgehead atoms. The van der Waals surface area contributed by atoms with Gasteiger partial charge in [-0.05, 0) is 42.3 Å². The molecule has 0 atom stereocenters. The van der Waals surface area contributed by atoms with E-state index in [0.29, 0.717) is 18.5 Å². The predicted octanol–water partition coefficient (Wildman–Crippen LogP) is 3.63. The molecule has 0 spiro atoms. The molecule has 0 saturated heterocycles. The average molecular weight is 303 g/mol. The van der Waals surface area contributed by atoms with Crippen LogP contribution in [0.15, 0.2) is 29.6 Å². The fraction of sp³-hybridized carbons (Fsp3) is 0.250. The van der Waals surface area contributed by atoms with Gasteiger partial charge in [-0.15, -0.1) is 11.3 Å². The molecule has 0 radical (unpaired) electrons. The fourth-order valence-electron chi connectivity index (χ4n) is 2.10. The fourth-order valence-corrected chi connectivity index (χ4v) is 2.94. The summed E-state index contributed by atoms with van der Waals surface area (Å²) in [6.07, 6.45) is 0.975. The lowest BCUT2D eigenvalue weighted by Crippen LogP contribution is -2.14. The van der Waals surface area contributed by atoms with Gasteiger partial charge in [-0.1, -0.05) is 24.3 Å². The lowest BCUT2D eigenvalue weighted by Gasteiger charge is -2.08. The Hall–Kier alpha value is -2.14. The third kappa shape index (κ3) is 3.70. The van der Waals surface area contributed by atoms with Gasteiger partial charge in [-0.3, -0.25) is 4.79 Å². The number of benzene rings is 1. The minimum Gasteiger partial charge on any atom is -0.477 e. The largest absolute Gasteiger partial charge is 0.477 e. The van der Waals surface area contributed by atoms with Crippen LogP contribution in [-0.4, -0.2) is 17.0 Å². The second-order valence-corrected chi connectivity index (χ2v) is 5.78. The highest BCUT2D eigenvalue weighted by Gasteiger charge is 2.17. The Labute approximate surface area is 127 Å². The summed E-state index contributed by atoms with van der Waals surface area (Å²) in [5.74, 6) is -1.18. The molecule has 1 amide bonds. The molecule has 2 rings (SSSR count). The lowest BCUT2D eigenvalue weighted by atomic mass is 10.0. The van der Waals surface area contributed by atoms with Crippen molar-refractivity contribution in [1.29, 1.82) is 0 Å². The summed E-state index contributed by atoms with van der Waals surface area (Å²) in [6.45, 7) is 3.80. The second-order valence-electron chi connectivity index (χ2n) is 4.90. The number of thiophene rings is 1. The van der Waals surface area contributed by atoms with Gasteiger partial charge in [-0.2, -0.15) is 0 Å². The lowest BCUT2D eigenvalue weighted by molar-refractivity contribution is -0.116. The van der Waals surface area contributed by atoms with Crippen LogP contribution in [0, 0.1) is 13.8 Å². The van der Waals surface area contributed by atoms with Crippen LogP contribution in [0.5, 0.6) is 0 Å². The van der Waals surface area contributed by atoms with E-state index in [9.17, 15) is 9.59 Å². The van der Waals surface area contributed by atoms with Crippen LogP contribution in [0.2, 0.25) is 0 Å². The van der Waals surface area contributed by atoms with Crippen LogP contribution < -0.4 is 5.32 Å². The Morgan fingerprint density at radius 2 is 1.90 bits per heavy atom. The van der Waals surface area contributed by atoms with Gasteiger partial charge in [0.15, 0.2) is 0 Å². The highest BCUT2D eigenvalue weighted by atomic mass is 32.1. The second kappa shape index (κ2) is 6.54. The molecule has 1 aromatic carbocycles. The number of hydrogen-bond donors (Lipinski definition) is 2. The van der Waals surface area contributed by atoms with E-state index in [-0.39, 0.29) is 10.8 Å². The molecule has 21 heavy (non-hydrogen) atoms. The molecule has 0 aliphatic rings. The van der Waals surface area contributed by atoms with Crippen molar-refractivity contribution in [1.82, 2.24) is 0 Å². The van der Waals surface area contributed by atoms with E-state index in [0.717, 1.165) is 28.0 Å². The zero-order chi connectivity index (χ0) is 15.4. The van der Waals surface area contributed by atoms with Crippen LogP contribution in [0.1, 0.15) is 32.8 Å². The summed E-state index contributed by atoms with van der Waals surface area (Å²) < 4.78 is 0. The zero-order valence-corrected chi connectivity index (χ0v) is 12.8. The van der Waals surface area contributed by atoms with E-state index < -0.39 is 5.97 Å². The van der Waals surface area contributed by atoms with Gasteiger partial charge >= 0.3 is 5.97 Å². The summed E-state index contributed by atoms with van der Waals surface area (Å²) >= 11 is 1.13. The van der Waals surface area contributed by atoms with E-state index in [1.807, 2.05) is 31.2 Å². The van der Waals surface area contributed by atoms with E-state index in [1.54, 1.807) is 12.3 Å². The first-order chi connectivity index (χ1) is 9.99. The molecule has 2 aromatic rings. The quantitative estimate of drug-likeness (QED) is 0.886. The first-order valence-electron chi connectivity index (χ1n) is 6.64. The molecule has 0 aliphatic heterocycles. The number of carboxylic acids is 1. The molecule has 1 aromatic heterocycles. The summed E-state index contributed by atoms with van der Waals surface area (Å²) in [7, 11) is 0. The first kappa shape index (κ1) is 15.3. The van der Waals surface area contributed by atoms with Crippen molar-refractivity contribution in [2.75, 3.05) is 5.32 Å². The number of aryl methyl sites for hydroxylation is 3. The number of carboxylic acid groups (broad SMARTS) is 1. The van der Waals surface area contributed by atoms with E-state index in [1.165, 1.54) is 0 Å². The van der Waals surface area contributed by atoms with Crippen molar-refractivity contribution < 1.29 is 14.7 Å². The van der Waals surface area contributed by atoms with Crippen LogP contribution in [0.3, 0.4) is 0 Å². The Bertz CT molecular complexity index is 676. The Morgan fingerprint density at radius 3 is 2.57 bits per heavy atom. The number of nitrogens with one attached hydrogen (secondary N) is 1. The molecule has 0 saturated carbocycles. The smallest absolute Gasteiger partial charge is 0.348 e. The number of carbonyl (C=O) groups excluding carboxylic acids is 1. The molecule has 4 nitrogen and oxygen atoms in total. The summed E-state index contributed by atoms with van der Waals surface area (Å²) in [5, 5.41) is 13.6. The van der Waals surface area contributed by atoms with Crippen molar-refractivity contribution >= 4 is 28.9 Å². The van der Waals surface area contributed by atoms with Crippen LogP contribution in [-0.2, 0) is 11.2 Å². The van der Waals surface area contributed by atoms with Gasteiger partial charge in [0.1, 0.15) is 4.88 Å². The summed E-state index contributed by atoms with van der Waals surface area (Å²) in [4.78, 5) is 23.3. The standard InChI is InChI=1S/C16H17NO3S/c1-10-5-3-4-6-12(10)7-8-13(18)17-14-11(2)9-21-15(14)16(19)20/h3-6,9H,7-8H2,1-2H3,(H,17,18)(H,19,20). The van der Waals surface area contributed by atoms with Crippen LogP contribution >= 0.6 is 11.3 Å². The maximum absolute atomic E-state index is 12.0. The Morgan fingerprint density at radius 1 is 1.19 bits per heavy atom. The van der Waals surface area contributed by atoms with Crippen LogP contribution in [0.4, 0.5) is 5.69 Å². The minimum absolute atomic E-state index is 0.165. The van der Waals surface area contributed by atoms with Crippen molar-refractivity contribution in [3.63, 3.8) is 0 Å². The summed E-state index contributed by atoms with van der Waals surface area (Å²) in [6, 6.07) is 7.93. The molecule has 5 heteroatoms. The van der Waals surface area contributed by atoms with Crippen LogP contribution in [0.25, 0.3) is 0 Å². The van der Waals surface area contributed by atoms with Gasteiger partial charge in [-0.25, -0.2) is 4.79 Å². The van der Waals surface area contributed by atoms with Crippen molar-refractivity contribution in [3.05, 3.63) is 51.2 Å². The first-order valence-corrected chi connectivity index (χ1v) is 7.52. The zero-order valence-electron chi connectivity index (χ0n) is 12.0. The number of rotatable bonds is 5. The van der Waals surface area contributed by atoms with Gasteiger partial charge in [0.25, 0.3) is 0 Å². The molecule has 0 aliphatic carbocycles. The number of carbonyl (C=O) groups is 2. The van der Waals surface area contributed by atoms with Gasteiger partial charge in [0, 0.05) is 6.42 Å². The normalized spacial score (nSPS) is 10.4. The Kier molecular flexibility index (Phi) is 4.75. The highest BCUT2D eigenvalue weighted by molar-refractivity contribution is 7.12. The number of amides is 1. The topological polar surface area (TPSA) is 66.4 Å². The number of aromatic carboxylic acids is 1. The predicted molar refractivity (Wildman–Crippen MR) is 84.1 cm³/mol. The number of anilines is 1. The van der Waals surface area contributed by atoms with Gasteiger partial charge in [0.2, 0.25) is 5.91 Å². The monoisotopic (exact) mass is 303 g/mol. The Balaban J connectivity index is 2.01. The molecule has 1 heterocycles. The SMILES string of the molecule is Cc1ccccc1CCC(=O)Nc1c(C)csc1C(=O)O. The molecular formula is C16H17NO3S. The number of hydrogen-bond acceptors (Lipinski definition) is 3. The third-order valence-electron chi connectivity index (χ3n) is 3.32. The van der Waals surface area contributed by atoms with Crippen molar-refractivity contribution in [2.45, 2.75) is 26.7 Å². The average Bonchev–Trinajstić information content (AvgIpc) is 2.79. The van der Waals surface area contributed by atoms with Crippen molar-refractivity contribution in [2.24, 2.45) is 0 Å². The molecule has 0 fully saturated rings. The van der Waals surface area contributed by atoms with E-state index >= 15 is 0 Å². The molecule has 0 unspecified atom stereocenters. The minimum atomic E-state index is -1.01. The third-order valence-corrected chi connectivity index (χ3v) is 4.40. The van der Waals surface area contributed by atoms with E-state index in [2.05, 4.69) is 5.32 Å². The van der Waals surface area contributed by atoms with E-state index in [4.69, 9.17) is 5.11 Å². The maximum atomic E-state index is 12.0. The maximum Gasteiger partial charge on any atom is 0.348 e. The van der Waals surface area contributed by atoms with Gasteiger partial charge < -0.3 is 10.4 Å². The van der Waals surface area contributed by atoms with Gasteiger partial charge in [0.05, 0.1) is 5.69 Å². The highest BCUT2D eigenvalue weighted by Crippen LogP contribution is 2.27.